The molecule has 0 saturated carbocycles. The van der Waals surface area contributed by atoms with Crippen LogP contribution in [0.4, 0.5) is 5.69 Å². The zero-order valence-electron chi connectivity index (χ0n) is 11.6. The van der Waals surface area contributed by atoms with Crippen LogP contribution in [-0.4, -0.2) is 12.0 Å². The van der Waals surface area contributed by atoms with Gasteiger partial charge >= 0.3 is 5.97 Å². The van der Waals surface area contributed by atoms with E-state index in [0.29, 0.717) is 5.75 Å². The maximum atomic E-state index is 12.2. The van der Waals surface area contributed by atoms with Gasteiger partial charge in [0.05, 0.1) is 0 Å². The molecule has 2 aromatic rings. The second kappa shape index (κ2) is 7.34. The van der Waals surface area contributed by atoms with Crippen LogP contribution in [0.25, 0.3) is 0 Å². The quantitative estimate of drug-likeness (QED) is 0.639. The summed E-state index contributed by atoms with van der Waals surface area (Å²) in [6.07, 6.45) is 1.65. The number of carbonyl (C=O) groups is 1. The third-order valence-corrected chi connectivity index (χ3v) is 2.94. The SMILES string of the molecule is CCCC(Nc1ccccc1)C(=O)Oc1ccccc1. The number of hydrogen-bond acceptors (Lipinski definition) is 3. The first kappa shape index (κ1) is 14.1. The molecule has 3 nitrogen and oxygen atoms in total. The van der Waals surface area contributed by atoms with E-state index in [1.54, 1.807) is 12.1 Å². The van der Waals surface area contributed by atoms with Gasteiger partial charge in [-0.15, -0.1) is 0 Å². The van der Waals surface area contributed by atoms with Gasteiger partial charge in [0, 0.05) is 5.69 Å². The van der Waals surface area contributed by atoms with Crippen LogP contribution < -0.4 is 10.1 Å². The summed E-state index contributed by atoms with van der Waals surface area (Å²) < 4.78 is 5.40. The summed E-state index contributed by atoms with van der Waals surface area (Å²) in [7, 11) is 0. The van der Waals surface area contributed by atoms with Gasteiger partial charge in [0.1, 0.15) is 11.8 Å². The molecule has 0 aliphatic heterocycles. The van der Waals surface area contributed by atoms with Gasteiger partial charge in [-0.3, -0.25) is 0 Å². The molecule has 1 unspecified atom stereocenters. The fourth-order valence-corrected chi connectivity index (χ4v) is 1.95. The van der Waals surface area contributed by atoms with Crippen molar-refractivity contribution in [1.29, 1.82) is 0 Å². The largest absolute Gasteiger partial charge is 0.425 e. The molecule has 20 heavy (non-hydrogen) atoms. The van der Waals surface area contributed by atoms with Crippen LogP contribution in [0, 0.1) is 0 Å². The molecule has 0 radical (unpaired) electrons. The zero-order valence-corrected chi connectivity index (χ0v) is 11.6. The molecular formula is C17H19NO2. The number of hydrogen-bond donors (Lipinski definition) is 1. The Labute approximate surface area is 119 Å². The number of para-hydroxylation sites is 2. The second-order valence-corrected chi connectivity index (χ2v) is 4.59. The first-order chi connectivity index (χ1) is 9.79. The Kier molecular flexibility index (Phi) is 5.18. The summed E-state index contributed by atoms with van der Waals surface area (Å²) in [6.45, 7) is 2.05. The average Bonchev–Trinajstić information content (AvgIpc) is 2.49. The summed E-state index contributed by atoms with van der Waals surface area (Å²) in [5.74, 6) is 0.329. The molecule has 0 saturated heterocycles. The van der Waals surface area contributed by atoms with Crippen LogP contribution >= 0.6 is 0 Å². The molecule has 0 aliphatic carbocycles. The van der Waals surface area contributed by atoms with Crippen LogP contribution in [0.1, 0.15) is 19.8 Å². The lowest BCUT2D eigenvalue weighted by atomic mass is 10.1. The number of carbonyl (C=O) groups excluding carboxylic acids is 1. The number of esters is 1. The number of benzene rings is 2. The fraction of sp³-hybridized carbons (Fsp3) is 0.235. The minimum absolute atomic E-state index is 0.248. The van der Waals surface area contributed by atoms with E-state index >= 15 is 0 Å². The maximum Gasteiger partial charge on any atom is 0.333 e. The average molecular weight is 269 g/mol. The van der Waals surface area contributed by atoms with E-state index in [4.69, 9.17) is 4.74 Å². The van der Waals surface area contributed by atoms with Gasteiger partial charge in [0.25, 0.3) is 0 Å². The van der Waals surface area contributed by atoms with Gasteiger partial charge in [-0.2, -0.15) is 0 Å². The Hall–Kier alpha value is -2.29. The van der Waals surface area contributed by atoms with Crippen molar-refractivity contribution in [3.8, 4) is 5.75 Å². The van der Waals surface area contributed by atoms with Crippen LogP contribution in [0.2, 0.25) is 0 Å². The van der Waals surface area contributed by atoms with E-state index in [-0.39, 0.29) is 12.0 Å². The highest BCUT2D eigenvalue weighted by molar-refractivity contribution is 5.81. The Bertz CT molecular complexity index is 525. The van der Waals surface area contributed by atoms with Crippen molar-refractivity contribution in [1.82, 2.24) is 0 Å². The smallest absolute Gasteiger partial charge is 0.333 e. The molecular weight excluding hydrogens is 250 g/mol. The summed E-state index contributed by atoms with van der Waals surface area (Å²) in [5, 5.41) is 3.23. The number of anilines is 1. The van der Waals surface area contributed by atoms with Crippen molar-refractivity contribution < 1.29 is 9.53 Å². The molecule has 2 aromatic carbocycles. The lowest BCUT2D eigenvalue weighted by molar-refractivity contribution is -0.135. The summed E-state index contributed by atoms with van der Waals surface area (Å²) >= 11 is 0. The number of nitrogens with one attached hydrogen (secondary N) is 1. The Morgan fingerprint density at radius 2 is 1.65 bits per heavy atom. The monoisotopic (exact) mass is 269 g/mol. The third kappa shape index (κ3) is 4.12. The van der Waals surface area contributed by atoms with Crippen molar-refractivity contribution >= 4 is 11.7 Å². The minimum atomic E-state index is -0.331. The number of ether oxygens (including phenoxy) is 1. The normalized spacial score (nSPS) is 11.7. The van der Waals surface area contributed by atoms with Crippen molar-refractivity contribution in [2.75, 3.05) is 5.32 Å². The Balaban J connectivity index is 2.02. The van der Waals surface area contributed by atoms with Gasteiger partial charge in [-0.25, -0.2) is 4.79 Å². The third-order valence-electron chi connectivity index (χ3n) is 2.94. The first-order valence-electron chi connectivity index (χ1n) is 6.88. The first-order valence-corrected chi connectivity index (χ1v) is 6.88. The lowest BCUT2D eigenvalue weighted by Gasteiger charge is -2.18. The molecule has 1 N–H and O–H groups in total. The summed E-state index contributed by atoms with van der Waals surface area (Å²) in [4.78, 5) is 12.2. The van der Waals surface area contributed by atoms with Crippen LogP contribution in [0.15, 0.2) is 60.7 Å². The highest BCUT2D eigenvalue weighted by Gasteiger charge is 2.19. The summed E-state index contributed by atoms with van der Waals surface area (Å²) in [5.41, 5.74) is 0.927. The molecule has 0 amide bonds. The van der Waals surface area contributed by atoms with E-state index in [1.807, 2.05) is 48.5 Å². The van der Waals surface area contributed by atoms with E-state index < -0.39 is 0 Å². The van der Waals surface area contributed by atoms with Crippen LogP contribution in [-0.2, 0) is 4.79 Å². The topological polar surface area (TPSA) is 38.3 Å². The van der Waals surface area contributed by atoms with Crippen molar-refractivity contribution in [2.24, 2.45) is 0 Å². The van der Waals surface area contributed by atoms with Gasteiger partial charge in [0.2, 0.25) is 0 Å². The molecule has 0 bridgehead atoms. The van der Waals surface area contributed by atoms with E-state index in [1.165, 1.54) is 0 Å². The second-order valence-electron chi connectivity index (χ2n) is 4.59. The van der Waals surface area contributed by atoms with Gasteiger partial charge in [-0.05, 0) is 30.7 Å². The molecule has 0 fully saturated rings. The predicted molar refractivity (Wildman–Crippen MR) is 80.8 cm³/mol. The van der Waals surface area contributed by atoms with Crippen molar-refractivity contribution in [2.45, 2.75) is 25.8 Å². The van der Waals surface area contributed by atoms with Gasteiger partial charge in [-0.1, -0.05) is 49.7 Å². The predicted octanol–water partition coefficient (Wildman–Crippen LogP) is 3.87. The highest BCUT2D eigenvalue weighted by atomic mass is 16.5. The molecule has 0 heterocycles. The highest BCUT2D eigenvalue weighted by Crippen LogP contribution is 2.14. The lowest BCUT2D eigenvalue weighted by Crippen LogP contribution is -2.33. The zero-order chi connectivity index (χ0) is 14.2. The minimum Gasteiger partial charge on any atom is -0.425 e. The molecule has 104 valence electrons. The molecule has 3 heteroatoms. The van der Waals surface area contributed by atoms with Crippen LogP contribution in [0.3, 0.4) is 0 Å². The van der Waals surface area contributed by atoms with Crippen molar-refractivity contribution in [3.05, 3.63) is 60.7 Å². The Morgan fingerprint density at radius 1 is 1.05 bits per heavy atom. The van der Waals surface area contributed by atoms with Gasteiger partial charge in [0.15, 0.2) is 0 Å². The standard InChI is InChI=1S/C17H19NO2/c1-2-9-16(18-14-10-5-3-6-11-14)17(19)20-15-12-7-4-8-13-15/h3-8,10-13,16,18H,2,9H2,1H3. The van der Waals surface area contributed by atoms with E-state index in [9.17, 15) is 4.79 Å². The molecule has 0 aromatic heterocycles. The molecule has 2 rings (SSSR count). The fourth-order valence-electron chi connectivity index (χ4n) is 1.95. The summed E-state index contributed by atoms with van der Waals surface area (Å²) in [6, 6.07) is 18.5. The van der Waals surface area contributed by atoms with Crippen LogP contribution in [0.5, 0.6) is 5.75 Å². The maximum absolute atomic E-state index is 12.2. The number of rotatable bonds is 6. The molecule has 1 atom stereocenters. The molecule has 0 aliphatic rings. The molecule has 0 spiro atoms. The van der Waals surface area contributed by atoms with Crippen molar-refractivity contribution in [3.63, 3.8) is 0 Å². The van der Waals surface area contributed by atoms with E-state index in [0.717, 1.165) is 18.5 Å². The Morgan fingerprint density at radius 3 is 2.25 bits per heavy atom. The van der Waals surface area contributed by atoms with E-state index in [2.05, 4.69) is 12.2 Å². The van der Waals surface area contributed by atoms with Gasteiger partial charge < -0.3 is 10.1 Å².